The fraction of sp³-hybridized carbons (Fsp3) is 0.421. The van der Waals surface area contributed by atoms with E-state index in [4.69, 9.17) is 17.0 Å². The number of rotatable bonds is 5. The number of thiocarbonyl (C=S) groups is 1. The lowest BCUT2D eigenvalue weighted by Crippen LogP contribution is -2.39. The number of amides is 1. The Kier molecular flexibility index (Phi) is 7.15. The molecule has 0 aliphatic heterocycles. The molecule has 0 atom stereocenters. The zero-order valence-electron chi connectivity index (χ0n) is 16.3. The number of carbonyl (C=O) groups is 1. The molecule has 0 saturated heterocycles. The summed E-state index contributed by atoms with van der Waals surface area (Å²) in [4.78, 5) is 16.1. The summed E-state index contributed by atoms with van der Waals surface area (Å²) in [5, 5.41) is 12.0. The van der Waals surface area contributed by atoms with Crippen molar-refractivity contribution in [2.75, 3.05) is 18.4 Å². The molecule has 27 heavy (non-hydrogen) atoms. The first-order chi connectivity index (χ1) is 12.6. The topological polar surface area (TPSA) is 75.3 Å². The minimum Gasteiger partial charge on any atom is -0.444 e. The van der Waals surface area contributed by atoms with Crippen molar-refractivity contribution in [1.82, 2.24) is 15.6 Å². The molecule has 3 N–H and O–H groups in total. The summed E-state index contributed by atoms with van der Waals surface area (Å²) in [6.45, 7) is 10.5. The quantitative estimate of drug-likeness (QED) is 0.509. The Balaban J connectivity index is 1.77. The Labute approximate surface area is 169 Å². The van der Waals surface area contributed by atoms with Gasteiger partial charge in [-0.05, 0) is 64.0 Å². The largest absolute Gasteiger partial charge is 0.444 e. The van der Waals surface area contributed by atoms with Gasteiger partial charge in [-0.3, -0.25) is 0 Å². The molecule has 0 aliphatic rings. The first kappa shape index (κ1) is 21.1. The molecular formula is C19H26N4O2S2. The van der Waals surface area contributed by atoms with Crippen LogP contribution in [0.3, 0.4) is 0 Å². The summed E-state index contributed by atoms with van der Waals surface area (Å²) < 4.78 is 5.17. The number of hydrogen-bond acceptors (Lipinski definition) is 5. The Morgan fingerprint density at radius 3 is 2.56 bits per heavy atom. The van der Waals surface area contributed by atoms with E-state index >= 15 is 0 Å². The van der Waals surface area contributed by atoms with Gasteiger partial charge in [-0.15, -0.1) is 11.3 Å². The van der Waals surface area contributed by atoms with Gasteiger partial charge in [0.05, 0.1) is 5.69 Å². The van der Waals surface area contributed by atoms with Crippen LogP contribution >= 0.6 is 23.6 Å². The predicted molar refractivity (Wildman–Crippen MR) is 115 cm³/mol. The third kappa shape index (κ3) is 7.15. The van der Waals surface area contributed by atoms with Crippen molar-refractivity contribution in [2.45, 2.75) is 40.2 Å². The van der Waals surface area contributed by atoms with Crippen molar-refractivity contribution in [1.29, 1.82) is 0 Å². The number of thiazole rings is 1. The average molecular weight is 407 g/mol. The zero-order valence-corrected chi connectivity index (χ0v) is 17.9. The molecule has 0 aliphatic carbocycles. The molecule has 2 aromatic rings. The second-order valence-corrected chi connectivity index (χ2v) is 8.41. The number of anilines is 1. The number of ether oxygens (including phenoxy) is 1. The van der Waals surface area contributed by atoms with Crippen molar-refractivity contribution >= 4 is 39.9 Å². The number of benzene rings is 1. The molecular weight excluding hydrogens is 380 g/mol. The number of carbonyl (C=O) groups excluding carboxylic acids is 1. The second-order valence-electron chi connectivity index (χ2n) is 7.15. The summed E-state index contributed by atoms with van der Waals surface area (Å²) in [6, 6.07) is 6.30. The lowest BCUT2D eigenvalue weighted by molar-refractivity contribution is 0.0529. The number of nitrogens with zero attached hydrogens (tertiary/aromatic N) is 1. The third-order valence-corrected chi connectivity index (χ3v) is 4.61. The van der Waals surface area contributed by atoms with E-state index in [1.807, 2.05) is 26.2 Å². The first-order valence-electron chi connectivity index (χ1n) is 8.69. The molecule has 1 aromatic carbocycles. The smallest absolute Gasteiger partial charge is 0.407 e. The first-order valence-corrected chi connectivity index (χ1v) is 9.98. The molecule has 0 fully saturated rings. The highest BCUT2D eigenvalue weighted by Crippen LogP contribution is 2.26. The highest BCUT2D eigenvalue weighted by molar-refractivity contribution is 7.80. The Hall–Kier alpha value is -2.19. The molecule has 0 spiro atoms. The van der Waals surface area contributed by atoms with Crippen molar-refractivity contribution < 1.29 is 9.53 Å². The molecule has 8 heteroatoms. The number of aromatic nitrogens is 1. The number of nitrogens with one attached hydrogen (secondary N) is 3. The number of alkyl carbamates (subject to hydrolysis) is 1. The maximum Gasteiger partial charge on any atom is 0.407 e. The van der Waals surface area contributed by atoms with Gasteiger partial charge < -0.3 is 20.7 Å². The Morgan fingerprint density at radius 2 is 1.89 bits per heavy atom. The summed E-state index contributed by atoms with van der Waals surface area (Å²) in [7, 11) is 0. The van der Waals surface area contributed by atoms with E-state index in [0.717, 1.165) is 16.4 Å². The van der Waals surface area contributed by atoms with E-state index in [2.05, 4.69) is 53.0 Å². The maximum atomic E-state index is 11.6. The van der Waals surface area contributed by atoms with Crippen LogP contribution in [0.5, 0.6) is 0 Å². The van der Waals surface area contributed by atoms with E-state index in [9.17, 15) is 4.79 Å². The standard InChI is InChI=1S/C19H26N4O2S2/c1-12-6-7-14(10-13(12)2)15-11-27-17(22-15)23-16(26)20-8-9-21-18(24)25-19(3,4)5/h6-7,10-11H,8-9H2,1-5H3,(H,21,24)(H2,20,22,23,26). The van der Waals surface area contributed by atoms with Crippen LogP contribution < -0.4 is 16.0 Å². The SMILES string of the molecule is Cc1ccc(-c2csc(NC(=S)NCCNC(=O)OC(C)(C)C)n2)cc1C. The van der Waals surface area contributed by atoms with Gasteiger partial charge in [0.2, 0.25) is 0 Å². The van der Waals surface area contributed by atoms with Gasteiger partial charge >= 0.3 is 6.09 Å². The van der Waals surface area contributed by atoms with Crippen LogP contribution in [0, 0.1) is 13.8 Å². The summed E-state index contributed by atoms with van der Waals surface area (Å²) in [6.07, 6.45) is -0.443. The van der Waals surface area contributed by atoms with Crippen molar-refractivity contribution in [2.24, 2.45) is 0 Å². The molecule has 0 radical (unpaired) electrons. The molecule has 0 unspecified atom stereocenters. The third-order valence-electron chi connectivity index (χ3n) is 3.61. The molecule has 146 valence electrons. The second kappa shape index (κ2) is 9.14. The van der Waals surface area contributed by atoms with Crippen LogP contribution in [0.1, 0.15) is 31.9 Å². The molecule has 1 aromatic heterocycles. The maximum absolute atomic E-state index is 11.6. The van der Waals surface area contributed by atoms with Crippen LogP contribution in [-0.2, 0) is 4.74 Å². The van der Waals surface area contributed by atoms with Gasteiger partial charge in [0.1, 0.15) is 5.60 Å². The molecule has 1 amide bonds. The van der Waals surface area contributed by atoms with Crippen molar-refractivity contribution in [3.63, 3.8) is 0 Å². The fourth-order valence-electron chi connectivity index (χ4n) is 2.16. The van der Waals surface area contributed by atoms with Crippen molar-refractivity contribution in [3.8, 4) is 11.3 Å². The van der Waals surface area contributed by atoms with Gasteiger partial charge in [0, 0.05) is 24.0 Å². The zero-order chi connectivity index (χ0) is 20.0. The lowest BCUT2D eigenvalue weighted by Gasteiger charge is -2.19. The fourth-order valence-corrected chi connectivity index (χ4v) is 3.15. The van der Waals surface area contributed by atoms with E-state index in [0.29, 0.717) is 18.2 Å². The number of aryl methyl sites for hydroxylation is 2. The highest BCUT2D eigenvalue weighted by Gasteiger charge is 2.15. The molecule has 1 heterocycles. The number of hydrogen-bond donors (Lipinski definition) is 3. The van der Waals surface area contributed by atoms with E-state index in [1.54, 1.807) is 0 Å². The lowest BCUT2D eigenvalue weighted by atomic mass is 10.1. The van der Waals surface area contributed by atoms with Crippen LogP contribution in [0.15, 0.2) is 23.6 Å². The molecule has 0 bridgehead atoms. The van der Waals surface area contributed by atoms with Crippen LogP contribution in [-0.4, -0.2) is 34.9 Å². The molecule has 2 rings (SSSR count). The predicted octanol–water partition coefficient (Wildman–Crippen LogP) is 4.24. The van der Waals surface area contributed by atoms with Gasteiger partial charge in [0.15, 0.2) is 10.2 Å². The minimum absolute atomic E-state index is 0.405. The van der Waals surface area contributed by atoms with E-state index in [1.165, 1.54) is 22.5 Å². The minimum atomic E-state index is -0.507. The Morgan fingerprint density at radius 1 is 1.19 bits per heavy atom. The van der Waals surface area contributed by atoms with Crippen molar-refractivity contribution in [3.05, 3.63) is 34.7 Å². The summed E-state index contributed by atoms with van der Waals surface area (Å²) in [5.74, 6) is 0. The summed E-state index contributed by atoms with van der Waals surface area (Å²) in [5.41, 5.74) is 4.00. The van der Waals surface area contributed by atoms with Crippen LogP contribution in [0.2, 0.25) is 0 Å². The highest BCUT2D eigenvalue weighted by atomic mass is 32.1. The van der Waals surface area contributed by atoms with Crippen LogP contribution in [0.4, 0.5) is 9.93 Å². The van der Waals surface area contributed by atoms with Gasteiger partial charge in [-0.2, -0.15) is 0 Å². The van der Waals surface area contributed by atoms with Gasteiger partial charge in [0.25, 0.3) is 0 Å². The van der Waals surface area contributed by atoms with Crippen LogP contribution in [0.25, 0.3) is 11.3 Å². The van der Waals surface area contributed by atoms with E-state index < -0.39 is 11.7 Å². The molecule has 0 saturated carbocycles. The monoisotopic (exact) mass is 406 g/mol. The van der Waals surface area contributed by atoms with Gasteiger partial charge in [-0.25, -0.2) is 9.78 Å². The van der Waals surface area contributed by atoms with Gasteiger partial charge in [-0.1, -0.05) is 12.1 Å². The van der Waals surface area contributed by atoms with E-state index in [-0.39, 0.29) is 0 Å². The average Bonchev–Trinajstić information content (AvgIpc) is 3.01. The summed E-state index contributed by atoms with van der Waals surface area (Å²) >= 11 is 6.76. The normalized spacial score (nSPS) is 11.0. The Bertz CT molecular complexity index is 812. The molecule has 6 nitrogen and oxygen atoms in total.